The molecule has 1 aromatic heterocycles. The van der Waals surface area contributed by atoms with Crippen LogP contribution < -0.4 is 11.1 Å². The van der Waals surface area contributed by atoms with E-state index in [4.69, 9.17) is 10.2 Å². The van der Waals surface area contributed by atoms with Crippen molar-refractivity contribution in [3.05, 3.63) is 23.7 Å². The van der Waals surface area contributed by atoms with Crippen LogP contribution in [0.5, 0.6) is 0 Å². The van der Waals surface area contributed by atoms with Gasteiger partial charge in [0.2, 0.25) is 0 Å². The predicted octanol–water partition coefficient (Wildman–Crippen LogP) is 2.29. The first-order valence-corrected chi connectivity index (χ1v) is 6.20. The van der Waals surface area contributed by atoms with Crippen LogP contribution >= 0.6 is 0 Å². The summed E-state index contributed by atoms with van der Waals surface area (Å²) in [5, 5.41) is 2.84. The van der Waals surface area contributed by atoms with E-state index in [0.29, 0.717) is 24.6 Å². The zero-order valence-electron chi connectivity index (χ0n) is 10.7. The molecule has 0 aromatic carbocycles. The van der Waals surface area contributed by atoms with Crippen molar-refractivity contribution >= 4 is 5.91 Å². The maximum Gasteiger partial charge on any atom is 0.286 e. The molecule has 0 aliphatic rings. The number of nitrogens with two attached hydrogens (primary N) is 1. The van der Waals surface area contributed by atoms with Gasteiger partial charge in [-0.05, 0) is 24.5 Å². The highest BCUT2D eigenvalue weighted by atomic mass is 16.4. The number of furan rings is 1. The van der Waals surface area contributed by atoms with Gasteiger partial charge in [0.15, 0.2) is 5.76 Å². The molecule has 0 bridgehead atoms. The summed E-state index contributed by atoms with van der Waals surface area (Å²) in [4.78, 5) is 11.6. The van der Waals surface area contributed by atoms with E-state index in [-0.39, 0.29) is 5.91 Å². The topological polar surface area (TPSA) is 68.3 Å². The van der Waals surface area contributed by atoms with Gasteiger partial charge in [0, 0.05) is 6.54 Å². The molecule has 0 fully saturated rings. The molecule has 0 aliphatic carbocycles. The Kier molecular flexibility index (Phi) is 5.77. The first-order chi connectivity index (χ1) is 8.13. The summed E-state index contributed by atoms with van der Waals surface area (Å²) >= 11 is 0. The Morgan fingerprint density at radius 1 is 1.41 bits per heavy atom. The Bertz CT molecular complexity index is 345. The molecule has 1 rings (SSSR count). The monoisotopic (exact) mass is 238 g/mol. The van der Waals surface area contributed by atoms with E-state index in [1.807, 2.05) is 0 Å². The van der Waals surface area contributed by atoms with Crippen molar-refractivity contribution in [3.8, 4) is 0 Å². The van der Waals surface area contributed by atoms with E-state index in [1.165, 1.54) is 6.42 Å². The van der Waals surface area contributed by atoms with E-state index in [1.54, 1.807) is 12.1 Å². The van der Waals surface area contributed by atoms with Gasteiger partial charge in [-0.1, -0.05) is 26.7 Å². The van der Waals surface area contributed by atoms with Gasteiger partial charge in [0.25, 0.3) is 5.91 Å². The number of rotatable bonds is 7. The van der Waals surface area contributed by atoms with Crippen molar-refractivity contribution < 1.29 is 9.21 Å². The first kappa shape index (κ1) is 13.8. The fraction of sp³-hybridized carbons (Fsp3) is 0.615. The number of carbonyl (C=O) groups is 1. The van der Waals surface area contributed by atoms with Crippen LogP contribution in [0.2, 0.25) is 0 Å². The first-order valence-electron chi connectivity index (χ1n) is 6.20. The lowest BCUT2D eigenvalue weighted by atomic mass is 10.1. The Balaban J connectivity index is 2.21. The molecule has 0 radical (unpaired) electrons. The van der Waals surface area contributed by atoms with E-state index in [0.717, 1.165) is 18.8 Å². The third kappa shape index (κ3) is 5.04. The molecule has 1 aromatic rings. The zero-order valence-corrected chi connectivity index (χ0v) is 10.7. The molecule has 4 heteroatoms. The van der Waals surface area contributed by atoms with E-state index in [9.17, 15) is 4.79 Å². The summed E-state index contributed by atoms with van der Waals surface area (Å²) in [7, 11) is 0. The highest BCUT2D eigenvalue weighted by Gasteiger charge is 2.09. The van der Waals surface area contributed by atoms with Gasteiger partial charge >= 0.3 is 0 Å². The smallest absolute Gasteiger partial charge is 0.286 e. The van der Waals surface area contributed by atoms with Crippen molar-refractivity contribution in [2.24, 2.45) is 11.7 Å². The maximum absolute atomic E-state index is 11.6. The van der Waals surface area contributed by atoms with Crippen LogP contribution in [0.15, 0.2) is 16.5 Å². The highest BCUT2D eigenvalue weighted by molar-refractivity contribution is 5.91. The van der Waals surface area contributed by atoms with Crippen LogP contribution in [0.1, 0.15) is 49.4 Å². The lowest BCUT2D eigenvalue weighted by Crippen LogP contribution is -2.24. The molecular weight excluding hydrogens is 216 g/mol. The Hall–Kier alpha value is -1.29. The summed E-state index contributed by atoms with van der Waals surface area (Å²) in [5.74, 6) is 1.54. The molecule has 0 saturated carbocycles. The summed E-state index contributed by atoms with van der Waals surface area (Å²) in [6.45, 7) is 5.43. The highest BCUT2D eigenvalue weighted by Crippen LogP contribution is 2.07. The van der Waals surface area contributed by atoms with Gasteiger partial charge in [-0.15, -0.1) is 0 Å². The van der Waals surface area contributed by atoms with Crippen LogP contribution in [-0.4, -0.2) is 12.5 Å². The SMILES string of the molecule is CC(C)CCCCNC(=O)c1ccc(CN)o1. The van der Waals surface area contributed by atoms with Crippen molar-refractivity contribution in [3.63, 3.8) is 0 Å². The van der Waals surface area contributed by atoms with Crippen LogP contribution in [0.3, 0.4) is 0 Å². The largest absolute Gasteiger partial charge is 0.455 e. The summed E-state index contributed by atoms with van der Waals surface area (Å²) in [5.41, 5.74) is 5.41. The van der Waals surface area contributed by atoms with Crippen molar-refractivity contribution in [2.45, 2.75) is 39.7 Å². The fourth-order valence-corrected chi connectivity index (χ4v) is 1.58. The molecule has 1 heterocycles. The van der Waals surface area contributed by atoms with E-state index >= 15 is 0 Å². The maximum atomic E-state index is 11.6. The van der Waals surface area contributed by atoms with E-state index in [2.05, 4.69) is 19.2 Å². The Labute approximate surface area is 103 Å². The zero-order chi connectivity index (χ0) is 12.7. The summed E-state index contributed by atoms with van der Waals surface area (Å²) in [6.07, 6.45) is 3.35. The van der Waals surface area contributed by atoms with Gasteiger partial charge in [-0.2, -0.15) is 0 Å². The molecule has 0 spiro atoms. The molecule has 0 aliphatic heterocycles. The number of hydrogen-bond acceptors (Lipinski definition) is 3. The predicted molar refractivity (Wildman–Crippen MR) is 67.6 cm³/mol. The van der Waals surface area contributed by atoms with Crippen molar-refractivity contribution in [1.29, 1.82) is 0 Å². The van der Waals surface area contributed by atoms with Gasteiger partial charge in [-0.3, -0.25) is 4.79 Å². The van der Waals surface area contributed by atoms with E-state index < -0.39 is 0 Å². The molecule has 0 unspecified atom stereocenters. The average molecular weight is 238 g/mol. The third-order valence-electron chi connectivity index (χ3n) is 2.58. The Morgan fingerprint density at radius 3 is 2.76 bits per heavy atom. The van der Waals surface area contributed by atoms with Crippen molar-refractivity contribution in [1.82, 2.24) is 5.32 Å². The average Bonchev–Trinajstić information content (AvgIpc) is 2.76. The molecule has 17 heavy (non-hydrogen) atoms. The second kappa shape index (κ2) is 7.12. The second-order valence-electron chi connectivity index (χ2n) is 4.62. The van der Waals surface area contributed by atoms with Gasteiger partial charge in [0.1, 0.15) is 5.76 Å². The van der Waals surface area contributed by atoms with Crippen molar-refractivity contribution in [2.75, 3.05) is 6.54 Å². The fourth-order valence-electron chi connectivity index (χ4n) is 1.58. The lowest BCUT2D eigenvalue weighted by Gasteiger charge is -2.05. The number of nitrogens with one attached hydrogen (secondary N) is 1. The summed E-state index contributed by atoms with van der Waals surface area (Å²) < 4.78 is 5.25. The normalized spacial score (nSPS) is 10.8. The summed E-state index contributed by atoms with van der Waals surface area (Å²) in [6, 6.07) is 3.39. The molecule has 4 nitrogen and oxygen atoms in total. The molecule has 3 N–H and O–H groups in total. The molecule has 0 saturated heterocycles. The molecule has 1 amide bonds. The number of unbranched alkanes of at least 4 members (excludes halogenated alkanes) is 1. The number of hydrogen-bond donors (Lipinski definition) is 2. The van der Waals surface area contributed by atoms with Gasteiger partial charge in [-0.25, -0.2) is 0 Å². The minimum atomic E-state index is -0.158. The van der Waals surface area contributed by atoms with Crippen LogP contribution in [-0.2, 0) is 6.54 Å². The van der Waals surface area contributed by atoms with Crippen LogP contribution in [0, 0.1) is 5.92 Å². The number of carbonyl (C=O) groups excluding carboxylic acids is 1. The Morgan fingerprint density at radius 2 is 2.18 bits per heavy atom. The minimum Gasteiger partial charge on any atom is -0.455 e. The quantitative estimate of drug-likeness (QED) is 0.716. The number of amides is 1. The lowest BCUT2D eigenvalue weighted by molar-refractivity contribution is 0.0923. The molecule has 0 atom stereocenters. The second-order valence-corrected chi connectivity index (χ2v) is 4.62. The minimum absolute atomic E-state index is 0.158. The van der Waals surface area contributed by atoms with Crippen LogP contribution in [0.4, 0.5) is 0 Å². The standard InChI is InChI=1S/C13H22N2O2/c1-10(2)5-3-4-8-15-13(16)12-7-6-11(9-14)17-12/h6-7,10H,3-5,8-9,14H2,1-2H3,(H,15,16). The molecule has 96 valence electrons. The van der Waals surface area contributed by atoms with Crippen LogP contribution in [0.25, 0.3) is 0 Å². The third-order valence-corrected chi connectivity index (χ3v) is 2.58. The van der Waals surface area contributed by atoms with Gasteiger partial charge in [0.05, 0.1) is 6.54 Å². The molecular formula is C13H22N2O2. The van der Waals surface area contributed by atoms with Gasteiger partial charge < -0.3 is 15.5 Å².